The molecule has 0 radical (unpaired) electrons. The van der Waals surface area contributed by atoms with E-state index in [-0.39, 0.29) is 23.3 Å². The number of benzene rings is 4. The van der Waals surface area contributed by atoms with Crippen molar-refractivity contribution in [2.45, 2.75) is 38.8 Å². The average Bonchev–Trinajstić information content (AvgIpc) is 3.44. The zero-order valence-electron chi connectivity index (χ0n) is 21.6. The van der Waals surface area contributed by atoms with E-state index in [0.29, 0.717) is 0 Å². The van der Waals surface area contributed by atoms with E-state index in [2.05, 4.69) is 83.6 Å². The van der Waals surface area contributed by atoms with Gasteiger partial charge in [0.25, 0.3) is 0 Å². The normalized spacial score (nSPS) is 16.6. The molecule has 0 fully saturated rings. The lowest BCUT2D eigenvalue weighted by Crippen LogP contribution is -2.23. The van der Waals surface area contributed by atoms with E-state index in [0.717, 1.165) is 24.2 Å². The van der Waals surface area contributed by atoms with Gasteiger partial charge in [-0.2, -0.15) is 0 Å². The SMILES string of the molecule is CCn1c2c(c3ccccc31)C(c1cccc(O)c1)c1c(c3ccccc3n1CC)C2c1cccc(O)c1. The fourth-order valence-electron chi connectivity index (χ4n) is 6.94. The van der Waals surface area contributed by atoms with Gasteiger partial charge in [-0.05, 0) is 72.5 Å². The minimum atomic E-state index is -0.0503. The molecule has 1 aliphatic rings. The summed E-state index contributed by atoms with van der Waals surface area (Å²) in [5.74, 6) is 0.453. The Bertz CT molecular complexity index is 1710. The van der Waals surface area contributed by atoms with Gasteiger partial charge in [-0.3, -0.25) is 0 Å². The molecule has 0 saturated carbocycles. The van der Waals surface area contributed by atoms with Crippen molar-refractivity contribution in [2.24, 2.45) is 0 Å². The molecular formula is C34H30N2O2. The number of aromatic nitrogens is 2. The van der Waals surface area contributed by atoms with Crippen LogP contribution in [-0.2, 0) is 13.1 Å². The lowest BCUT2D eigenvalue weighted by molar-refractivity contribution is 0.473. The van der Waals surface area contributed by atoms with Crippen LogP contribution in [0.5, 0.6) is 11.5 Å². The smallest absolute Gasteiger partial charge is 0.115 e. The van der Waals surface area contributed by atoms with Gasteiger partial charge in [0.15, 0.2) is 0 Å². The van der Waals surface area contributed by atoms with Crippen LogP contribution in [-0.4, -0.2) is 19.3 Å². The lowest BCUT2D eigenvalue weighted by atomic mass is 9.72. The number of para-hydroxylation sites is 2. The molecule has 0 aliphatic heterocycles. The topological polar surface area (TPSA) is 50.3 Å². The second kappa shape index (κ2) is 8.56. The minimum absolute atomic E-state index is 0.0503. The van der Waals surface area contributed by atoms with Crippen LogP contribution >= 0.6 is 0 Å². The van der Waals surface area contributed by atoms with Crippen molar-refractivity contribution in [3.63, 3.8) is 0 Å². The quantitative estimate of drug-likeness (QED) is 0.261. The molecule has 38 heavy (non-hydrogen) atoms. The lowest BCUT2D eigenvalue weighted by Gasteiger charge is -2.34. The van der Waals surface area contributed by atoms with Crippen LogP contribution in [0, 0.1) is 0 Å². The van der Waals surface area contributed by atoms with Crippen LogP contribution in [0.2, 0.25) is 0 Å². The highest BCUT2D eigenvalue weighted by Crippen LogP contribution is 2.55. The number of nitrogens with zero attached hydrogens (tertiary/aromatic N) is 2. The number of rotatable bonds is 4. The summed E-state index contributed by atoms with van der Waals surface area (Å²) < 4.78 is 4.91. The Morgan fingerprint density at radius 1 is 0.553 bits per heavy atom. The van der Waals surface area contributed by atoms with E-state index >= 15 is 0 Å². The van der Waals surface area contributed by atoms with Crippen LogP contribution in [0.25, 0.3) is 21.8 Å². The molecular weight excluding hydrogens is 468 g/mol. The van der Waals surface area contributed by atoms with Gasteiger partial charge in [0, 0.05) is 46.3 Å². The van der Waals surface area contributed by atoms with Crippen LogP contribution in [0.1, 0.15) is 59.3 Å². The van der Waals surface area contributed by atoms with Crippen LogP contribution in [0.15, 0.2) is 97.1 Å². The average molecular weight is 499 g/mol. The van der Waals surface area contributed by atoms with E-state index in [1.807, 2.05) is 24.3 Å². The second-order valence-corrected chi connectivity index (χ2v) is 10.2. The standard InChI is InChI=1S/C34H30N2O2/c1-3-35-27-17-7-5-15-25(27)31-30(22-12-10-14-24(38)20-22)34-32(26-16-6-8-18-28(26)36(34)4-2)29(33(31)35)21-11-9-13-23(37)19-21/h5-20,29-30,37-38H,3-4H2,1-2H3. The van der Waals surface area contributed by atoms with Gasteiger partial charge in [0.1, 0.15) is 11.5 Å². The van der Waals surface area contributed by atoms with E-state index in [4.69, 9.17) is 0 Å². The fraction of sp³-hybridized carbons (Fsp3) is 0.176. The van der Waals surface area contributed by atoms with Crippen LogP contribution in [0.3, 0.4) is 0 Å². The Morgan fingerprint density at radius 3 is 1.37 bits per heavy atom. The van der Waals surface area contributed by atoms with Gasteiger partial charge in [0.05, 0.1) is 11.8 Å². The van der Waals surface area contributed by atoms with E-state index in [9.17, 15) is 10.2 Å². The number of aromatic hydroxyl groups is 2. The van der Waals surface area contributed by atoms with Crippen molar-refractivity contribution in [3.8, 4) is 11.5 Å². The van der Waals surface area contributed by atoms with Crippen LogP contribution < -0.4 is 0 Å². The van der Waals surface area contributed by atoms with Gasteiger partial charge in [-0.25, -0.2) is 0 Å². The summed E-state index contributed by atoms with van der Waals surface area (Å²) in [6, 6.07) is 32.9. The van der Waals surface area contributed by atoms with Crippen molar-refractivity contribution in [1.29, 1.82) is 0 Å². The molecule has 6 aromatic rings. The molecule has 2 N–H and O–H groups in total. The van der Waals surface area contributed by atoms with Gasteiger partial charge in [0.2, 0.25) is 0 Å². The maximum atomic E-state index is 10.6. The Balaban J connectivity index is 1.72. The summed E-state index contributed by atoms with van der Waals surface area (Å²) >= 11 is 0. The molecule has 0 spiro atoms. The summed E-state index contributed by atoms with van der Waals surface area (Å²) in [5, 5.41) is 23.7. The Hall–Kier alpha value is -4.44. The van der Waals surface area contributed by atoms with Crippen molar-refractivity contribution in [3.05, 3.63) is 131 Å². The molecule has 7 rings (SSSR count). The number of phenols is 2. The van der Waals surface area contributed by atoms with E-state index in [1.54, 1.807) is 12.1 Å². The highest BCUT2D eigenvalue weighted by atomic mass is 16.3. The predicted octanol–water partition coefficient (Wildman–Crippen LogP) is 7.72. The fourth-order valence-corrected chi connectivity index (χ4v) is 6.94. The Morgan fingerprint density at radius 2 is 0.974 bits per heavy atom. The van der Waals surface area contributed by atoms with E-state index < -0.39 is 0 Å². The summed E-state index contributed by atoms with van der Waals surface area (Å²) in [5.41, 5.74) is 9.69. The third-order valence-corrected chi connectivity index (χ3v) is 8.27. The van der Waals surface area contributed by atoms with Gasteiger partial charge < -0.3 is 19.3 Å². The minimum Gasteiger partial charge on any atom is -0.508 e. The third kappa shape index (κ3) is 3.10. The van der Waals surface area contributed by atoms with Crippen molar-refractivity contribution in [1.82, 2.24) is 9.13 Å². The maximum Gasteiger partial charge on any atom is 0.115 e. The monoisotopic (exact) mass is 498 g/mol. The second-order valence-electron chi connectivity index (χ2n) is 10.2. The largest absolute Gasteiger partial charge is 0.508 e. The van der Waals surface area contributed by atoms with Crippen LogP contribution in [0.4, 0.5) is 0 Å². The molecule has 2 heterocycles. The Kier molecular flexibility index (Phi) is 5.12. The molecule has 0 saturated heterocycles. The van der Waals surface area contributed by atoms with Gasteiger partial charge in [-0.15, -0.1) is 0 Å². The molecule has 188 valence electrons. The maximum absolute atomic E-state index is 10.6. The molecule has 0 amide bonds. The molecule has 4 aromatic carbocycles. The number of hydrogen-bond acceptors (Lipinski definition) is 2. The Labute approximate surface area is 222 Å². The summed E-state index contributed by atoms with van der Waals surface area (Å²) in [7, 11) is 0. The molecule has 2 atom stereocenters. The predicted molar refractivity (Wildman–Crippen MR) is 153 cm³/mol. The summed E-state index contributed by atoms with van der Waals surface area (Å²) in [6.07, 6.45) is 0. The summed E-state index contributed by atoms with van der Waals surface area (Å²) in [4.78, 5) is 0. The van der Waals surface area contributed by atoms with Crippen molar-refractivity contribution < 1.29 is 10.2 Å². The highest BCUT2D eigenvalue weighted by molar-refractivity contribution is 5.94. The molecule has 4 heteroatoms. The molecule has 0 bridgehead atoms. The first kappa shape index (κ1) is 22.7. The van der Waals surface area contributed by atoms with Gasteiger partial charge in [-0.1, -0.05) is 60.7 Å². The molecule has 2 aromatic heterocycles. The molecule has 2 unspecified atom stereocenters. The van der Waals surface area contributed by atoms with Gasteiger partial charge >= 0.3 is 0 Å². The highest BCUT2D eigenvalue weighted by Gasteiger charge is 2.42. The number of fused-ring (bicyclic) bond motifs is 6. The number of hydrogen-bond donors (Lipinski definition) is 2. The zero-order valence-corrected chi connectivity index (χ0v) is 21.6. The first-order valence-electron chi connectivity index (χ1n) is 13.4. The summed E-state index contributed by atoms with van der Waals surface area (Å²) in [6.45, 7) is 6.08. The van der Waals surface area contributed by atoms with E-state index in [1.165, 1.54) is 44.3 Å². The first-order chi connectivity index (χ1) is 18.6. The number of aryl methyl sites for hydroxylation is 2. The molecule has 4 nitrogen and oxygen atoms in total. The molecule has 1 aliphatic carbocycles. The number of phenolic OH excluding ortho intramolecular Hbond substituents is 2. The van der Waals surface area contributed by atoms with Crippen molar-refractivity contribution in [2.75, 3.05) is 0 Å². The zero-order chi connectivity index (χ0) is 26.0. The van der Waals surface area contributed by atoms with Crippen molar-refractivity contribution >= 4 is 21.8 Å². The first-order valence-corrected chi connectivity index (χ1v) is 13.4. The third-order valence-electron chi connectivity index (χ3n) is 8.27.